The number of aromatic nitrogens is 1. The normalized spacial score (nSPS) is 19.4. The van der Waals surface area contributed by atoms with Crippen molar-refractivity contribution in [2.24, 2.45) is 5.73 Å². The lowest BCUT2D eigenvalue weighted by molar-refractivity contribution is -0.134. The van der Waals surface area contributed by atoms with Gasteiger partial charge in [0.05, 0.1) is 11.5 Å². The third-order valence-electron chi connectivity index (χ3n) is 2.80. The van der Waals surface area contributed by atoms with Crippen LogP contribution in [0.3, 0.4) is 0 Å². The number of pyridine rings is 1. The summed E-state index contributed by atoms with van der Waals surface area (Å²) in [6, 6.07) is 2.44. The Morgan fingerprint density at radius 1 is 1.28 bits per heavy atom. The molecule has 4 N–H and O–H groups in total. The van der Waals surface area contributed by atoms with E-state index in [1.54, 1.807) is 0 Å². The minimum absolute atomic E-state index is 0.0871. The molecule has 2 rings (SSSR count). The van der Waals surface area contributed by atoms with Gasteiger partial charge in [-0.05, 0) is 12.5 Å². The molecule has 1 atom stereocenters. The number of hydrogen-bond donors (Lipinski definition) is 3. The number of amides is 3. The first-order chi connectivity index (χ1) is 8.49. The van der Waals surface area contributed by atoms with Crippen molar-refractivity contribution in [2.45, 2.75) is 18.8 Å². The average molecular weight is 249 g/mol. The molecule has 0 saturated carbocycles. The molecule has 1 aliphatic heterocycles. The molecule has 1 fully saturated rings. The summed E-state index contributed by atoms with van der Waals surface area (Å²) < 4.78 is 0. The van der Waals surface area contributed by atoms with E-state index in [1.165, 1.54) is 6.07 Å². The number of primary amides is 1. The van der Waals surface area contributed by atoms with Crippen molar-refractivity contribution in [1.82, 2.24) is 10.3 Å². The molecule has 1 aromatic heterocycles. The molecule has 1 aromatic rings. The topological polar surface area (TPSA) is 122 Å². The van der Waals surface area contributed by atoms with Gasteiger partial charge in [0, 0.05) is 18.2 Å². The Balaban J connectivity index is 2.46. The van der Waals surface area contributed by atoms with Crippen LogP contribution >= 0.6 is 0 Å². The molecule has 0 bridgehead atoms. The average Bonchev–Trinajstić information content (AvgIpc) is 2.28. The summed E-state index contributed by atoms with van der Waals surface area (Å²) >= 11 is 0. The van der Waals surface area contributed by atoms with Gasteiger partial charge in [-0.1, -0.05) is 0 Å². The van der Waals surface area contributed by atoms with Crippen LogP contribution < -0.4 is 16.6 Å². The molecule has 1 saturated heterocycles. The summed E-state index contributed by atoms with van der Waals surface area (Å²) in [5.41, 5.74) is 5.01. The van der Waals surface area contributed by atoms with Crippen molar-refractivity contribution in [3.05, 3.63) is 33.7 Å². The quantitative estimate of drug-likeness (QED) is 0.581. The molecule has 2 heterocycles. The van der Waals surface area contributed by atoms with Crippen molar-refractivity contribution in [3.8, 4) is 0 Å². The standard InChI is InChI=1S/C11H11N3O4/c12-10(17)5-1-3-7(15)13-9(5)6-2-4-8(16)14-11(6)18/h1,3,6H,2,4H2,(H2,12,17)(H,13,15)(H,14,16,18). The Bertz CT molecular complexity index is 590. The number of carbonyl (C=O) groups is 3. The molecular weight excluding hydrogens is 238 g/mol. The number of hydrogen-bond acceptors (Lipinski definition) is 4. The zero-order valence-corrected chi connectivity index (χ0v) is 9.36. The van der Waals surface area contributed by atoms with Gasteiger partial charge in [0.2, 0.25) is 23.3 Å². The van der Waals surface area contributed by atoms with Gasteiger partial charge < -0.3 is 10.7 Å². The lowest BCUT2D eigenvalue weighted by atomic mass is 9.91. The van der Waals surface area contributed by atoms with Gasteiger partial charge in [0.15, 0.2) is 0 Å². The van der Waals surface area contributed by atoms with Gasteiger partial charge in [-0.3, -0.25) is 24.5 Å². The van der Waals surface area contributed by atoms with Gasteiger partial charge in [-0.25, -0.2) is 0 Å². The van der Waals surface area contributed by atoms with E-state index in [0.29, 0.717) is 0 Å². The SMILES string of the molecule is NC(=O)c1ccc(=O)[nH]c1C1CCC(=O)NC1=O. The highest BCUT2D eigenvalue weighted by atomic mass is 16.2. The van der Waals surface area contributed by atoms with E-state index in [2.05, 4.69) is 10.3 Å². The summed E-state index contributed by atoms with van der Waals surface area (Å²) in [6.07, 6.45) is 0.399. The maximum Gasteiger partial charge on any atom is 0.250 e. The Hall–Kier alpha value is -2.44. The van der Waals surface area contributed by atoms with E-state index < -0.39 is 23.3 Å². The number of piperidine rings is 1. The highest BCUT2D eigenvalue weighted by Gasteiger charge is 2.31. The van der Waals surface area contributed by atoms with Crippen LogP contribution in [0.2, 0.25) is 0 Å². The second kappa shape index (κ2) is 4.44. The van der Waals surface area contributed by atoms with E-state index >= 15 is 0 Å². The molecule has 3 amide bonds. The Morgan fingerprint density at radius 2 is 2.00 bits per heavy atom. The molecule has 0 aliphatic carbocycles. The van der Waals surface area contributed by atoms with Crippen LogP contribution in [0.4, 0.5) is 0 Å². The van der Waals surface area contributed by atoms with Crippen LogP contribution in [0.1, 0.15) is 34.8 Å². The summed E-state index contributed by atoms with van der Waals surface area (Å²) in [4.78, 5) is 47.7. The Morgan fingerprint density at radius 3 is 2.61 bits per heavy atom. The fraction of sp³-hybridized carbons (Fsp3) is 0.273. The zero-order chi connectivity index (χ0) is 13.3. The van der Waals surface area contributed by atoms with E-state index in [-0.39, 0.29) is 30.0 Å². The first-order valence-corrected chi connectivity index (χ1v) is 5.36. The third-order valence-corrected chi connectivity index (χ3v) is 2.80. The van der Waals surface area contributed by atoms with Crippen LogP contribution in [0.15, 0.2) is 16.9 Å². The molecule has 7 nitrogen and oxygen atoms in total. The fourth-order valence-corrected chi connectivity index (χ4v) is 1.95. The zero-order valence-electron chi connectivity index (χ0n) is 9.36. The number of aromatic amines is 1. The van der Waals surface area contributed by atoms with E-state index in [1.807, 2.05) is 0 Å². The molecule has 1 unspecified atom stereocenters. The molecule has 0 radical (unpaired) electrons. The predicted octanol–water partition coefficient (Wildman–Crippen LogP) is -1.01. The molecule has 7 heteroatoms. The fourth-order valence-electron chi connectivity index (χ4n) is 1.95. The Kier molecular flexibility index (Phi) is 2.97. The first-order valence-electron chi connectivity index (χ1n) is 5.36. The van der Waals surface area contributed by atoms with E-state index in [4.69, 9.17) is 5.73 Å². The van der Waals surface area contributed by atoms with Crippen molar-refractivity contribution in [2.75, 3.05) is 0 Å². The number of rotatable bonds is 2. The van der Waals surface area contributed by atoms with Crippen LogP contribution in [-0.4, -0.2) is 22.7 Å². The van der Waals surface area contributed by atoms with Crippen LogP contribution in [0, 0.1) is 0 Å². The molecule has 18 heavy (non-hydrogen) atoms. The van der Waals surface area contributed by atoms with Crippen molar-refractivity contribution in [1.29, 1.82) is 0 Å². The number of nitrogens with two attached hydrogens (primary N) is 1. The Labute approximate surface area is 101 Å². The summed E-state index contributed by atoms with van der Waals surface area (Å²) in [5.74, 6) is -2.36. The maximum atomic E-state index is 11.7. The highest BCUT2D eigenvalue weighted by molar-refractivity contribution is 6.02. The van der Waals surface area contributed by atoms with Gasteiger partial charge in [0.1, 0.15) is 0 Å². The molecule has 1 aliphatic rings. The number of H-pyrrole nitrogens is 1. The van der Waals surface area contributed by atoms with Crippen molar-refractivity contribution in [3.63, 3.8) is 0 Å². The van der Waals surface area contributed by atoms with Gasteiger partial charge in [0.25, 0.3) is 0 Å². The van der Waals surface area contributed by atoms with E-state index in [9.17, 15) is 19.2 Å². The first kappa shape index (κ1) is 12.0. The molecule has 0 aromatic carbocycles. The minimum Gasteiger partial charge on any atom is -0.366 e. The number of nitrogens with one attached hydrogen (secondary N) is 2. The smallest absolute Gasteiger partial charge is 0.250 e. The summed E-state index contributed by atoms with van der Waals surface area (Å²) in [6.45, 7) is 0. The molecular formula is C11H11N3O4. The second-order valence-electron chi connectivity index (χ2n) is 4.02. The van der Waals surface area contributed by atoms with Crippen molar-refractivity contribution < 1.29 is 14.4 Å². The summed E-state index contributed by atoms with van der Waals surface area (Å²) in [7, 11) is 0. The highest BCUT2D eigenvalue weighted by Crippen LogP contribution is 2.24. The number of carbonyl (C=O) groups excluding carboxylic acids is 3. The molecule has 0 spiro atoms. The van der Waals surface area contributed by atoms with Crippen LogP contribution in [0.25, 0.3) is 0 Å². The lowest BCUT2D eigenvalue weighted by Gasteiger charge is -2.21. The van der Waals surface area contributed by atoms with Crippen LogP contribution in [0.5, 0.6) is 0 Å². The monoisotopic (exact) mass is 249 g/mol. The van der Waals surface area contributed by atoms with Crippen molar-refractivity contribution >= 4 is 17.7 Å². The van der Waals surface area contributed by atoms with Crippen LogP contribution in [-0.2, 0) is 9.59 Å². The van der Waals surface area contributed by atoms with Gasteiger partial charge in [-0.15, -0.1) is 0 Å². The lowest BCUT2D eigenvalue weighted by Crippen LogP contribution is -2.41. The predicted molar refractivity (Wildman–Crippen MR) is 60.7 cm³/mol. The maximum absolute atomic E-state index is 11.7. The largest absolute Gasteiger partial charge is 0.366 e. The van der Waals surface area contributed by atoms with E-state index in [0.717, 1.165) is 6.07 Å². The molecule has 94 valence electrons. The second-order valence-corrected chi connectivity index (χ2v) is 4.02. The minimum atomic E-state index is -0.737. The third kappa shape index (κ3) is 2.15. The van der Waals surface area contributed by atoms with Gasteiger partial charge in [-0.2, -0.15) is 0 Å². The number of imide groups is 1. The van der Waals surface area contributed by atoms with Gasteiger partial charge >= 0.3 is 0 Å². The summed E-state index contributed by atoms with van der Waals surface area (Å²) in [5, 5.41) is 2.16.